The molecule has 0 fully saturated rings. The molecular weight excluding hydrogens is 783 g/mol. The number of benzene rings is 10. The third kappa shape index (κ3) is 5.84. The van der Waals surface area contributed by atoms with Crippen LogP contribution in [0, 0.1) is 0 Å². The quantitative estimate of drug-likeness (QED) is 0.161. The first-order valence-corrected chi connectivity index (χ1v) is 21.6. The van der Waals surface area contributed by atoms with E-state index in [9.17, 15) is 0 Å². The minimum Gasteiger partial charge on any atom is -0.456 e. The number of hydrogen-bond acceptors (Lipinski definition) is 4. The summed E-state index contributed by atoms with van der Waals surface area (Å²) in [6, 6.07) is 79.2. The molecule has 0 aliphatic rings. The van der Waals surface area contributed by atoms with Crippen LogP contribution >= 0.6 is 0 Å². The van der Waals surface area contributed by atoms with E-state index in [2.05, 4.69) is 205 Å². The van der Waals surface area contributed by atoms with Crippen LogP contribution in [0.1, 0.15) is 0 Å². The zero-order chi connectivity index (χ0) is 42.1. The van der Waals surface area contributed by atoms with Gasteiger partial charge in [-0.1, -0.05) is 158 Å². The van der Waals surface area contributed by atoms with Gasteiger partial charge in [0.25, 0.3) is 0 Å². The second-order valence-corrected chi connectivity index (χ2v) is 16.4. The van der Waals surface area contributed by atoms with Crippen LogP contribution in [0.2, 0.25) is 0 Å². The van der Waals surface area contributed by atoms with Crippen LogP contribution in [-0.4, -0.2) is 0 Å². The number of fused-ring (bicyclic) bond motifs is 9. The van der Waals surface area contributed by atoms with E-state index < -0.39 is 0 Å². The first-order valence-electron chi connectivity index (χ1n) is 21.6. The second-order valence-electron chi connectivity index (χ2n) is 16.4. The van der Waals surface area contributed by atoms with Crippen LogP contribution in [0.25, 0.3) is 110 Å². The van der Waals surface area contributed by atoms with Gasteiger partial charge < -0.3 is 18.2 Å². The fraction of sp³-hybridized carbons (Fsp3) is 0. The lowest BCUT2D eigenvalue weighted by Gasteiger charge is -2.26. The smallest absolute Gasteiger partial charge is 0.160 e. The van der Waals surface area contributed by atoms with E-state index in [1.54, 1.807) is 0 Å². The summed E-state index contributed by atoms with van der Waals surface area (Å²) in [6.45, 7) is 0. The standard InChI is InChI=1S/C60H37NO3/c1-3-12-40(13-4-1)46-32-33-53(60-58(46)50-19-11-18-47(59(50)64-60)41-14-5-2-6-15-41)61(44-28-22-38(23-29-44)42-26-34-56-51(36-42)48-16-7-9-20-54(48)62-56)45-30-24-39(25-31-45)43-27-35-57-52(37-43)49-17-8-10-21-55(49)63-57/h1-37H. The molecule has 0 saturated carbocycles. The SMILES string of the molecule is c1ccc(-c2cccc3c2oc2c(N(c4ccc(-c5ccc6oc7ccccc7c6c5)cc4)c4ccc(-c5ccc6oc7ccccc7c6c5)cc4)ccc(-c4ccccc4)c23)cc1. The molecule has 4 nitrogen and oxygen atoms in total. The molecule has 0 unspecified atom stereocenters. The molecule has 3 heterocycles. The zero-order valence-electron chi connectivity index (χ0n) is 34.5. The van der Waals surface area contributed by atoms with E-state index in [4.69, 9.17) is 13.3 Å². The van der Waals surface area contributed by atoms with Gasteiger partial charge in [-0.15, -0.1) is 0 Å². The highest BCUT2D eigenvalue weighted by atomic mass is 16.3. The van der Waals surface area contributed by atoms with Crippen molar-refractivity contribution in [3.8, 4) is 44.5 Å². The number of furan rings is 3. The lowest BCUT2D eigenvalue weighted by Crippen LogP contribution is -2.10. The number of rotatable bonds is 7. The van der Waals surface area contributed by atoms with Gasteiger partial charge in [-0.05, 0) is 106 Å². The van der Waals surface area contributed by atoms with Crippen LogP contribution in [0.3, 0.4) is 0 Å². The zero-order valence-corrected chi connectivity index (χ0v) is 34.5. The molecule has 0 aliphatic heterocycles. The van der Waals surface area contributed by atoms with Gasteiger partial charge in [-0.2, -0.15) is 0 Å². The summed E-state index contributed by atoms with van der Waals surface area (Å²) in [5.74, 6) is 0. The van der Waals surface area contributed by atoms with Crippen LogP contribution in [0.4, 0.5) is 17.1 Å². The molecule has 0 saturated heterocycles. The van der Waals surface area contributed by atoms with Crippen LogP contribution in [0.5, 0.6) is 0 Å². The third-order valence-corrected chi connectivity index (χ3v) is 12.7. The number of anilines is 3. The lowest BCUT2D eigenvalue weighted by molar-refractivity contribution is 0.668. The minimum atomic E-state index is 0.822. The molecule has 13 rings (SSSR count). The Hall–Kier alpha value is -8.60. The molecule has 0 spiro atoms. The average molecular weight is 820 g/mol. The van der Waals surface area contributed by atoms with Crippen molar-refractivity contribution in [2.75, 3.05) is 4.90 Å². The Bertz CT molecular complexity index is 3720. The predicted octanol–water partition coefficient (Wildman–Crippen LogP) is 17.5. The second kappa shape index (κ2) is 14.5. The highest BCUT2D eigenvalue weighted by molar-refractivity contribution is 6.19. The van der Waals surface area contributed by atoms with Gasteiger partial charge in [0, 0.05) is 49.3 Å². The Morgan fingerprint density at radius 2 is 0.734 bits per heavy atom. The molecule has 0 amide bonds. The number of hydrogen-bond donors (Lipinski definition) is 0. The van der Waals surface area contributed by atoms with Crippen molar-refractivity contribution >= 4 is 82.9 Å². The van der Waals surface area contributed by atoms with Gasteiger partial charge in [0.1, 0.15) is 27.9 Å². The molecule has 0 radical (unpaired) electrons. The molecule has 0 aliphatic carbocycles. The highest BCUT2D eigenvalue weighted by Crippen LogP contribution is 2.48. The van der Waals surface area contributed by atoms with Crippen molar-refractivity contribution in [2.45, 2.75) is 0 Å². The minimum absolute atomic E-state index is 0.822. The van der Waals surface area contributed by atoms with Gasteiger partial charge in [0.15, 0.2) is 5.58 Å². The average Bonchev–Trinajstić information content (AvgIpc) is 4.07. The Morgan fingerprint density at radius 1 is 0.266 bits per heavy atom. The van der Waals surface area contributed by atoms with E-state index in [1.165, 1.54) is 0 Å². The topological polar surface area (TPSA) is 42.7 Å². The van der Waals surface area contributed by atoms with Gasteiger partial charge in [-0.25, -0.2) is 0 Å². The van der Waals surface area contributed by atoms with Crippen molar-refractivity contribution in [3.05, 3.63) is 224 Å². The maximum atomic E-state index is 7.22. The molecule has 0 N–H and O–H groups in total. The van der Waals surface area contributed by atoms with E-state index in [0.29, 0.717) is 0 Å². The van der Waals surface area contributed by atoms with Gasteiger partial charge >= 0.3 is 0 Å². The van der Waals surface area contributed by atoms with E-state index in [1.807, 2.05) is 24.3 Å². The maximum absolute atomic E-state index is 7.22. The molecule has 0 atom stereocenters. The summed E-state index contributed by atoms with van der Waals surface area (Å²) in [7, 11) is 0. The van der Waals surface area contributed by atoms with Gasteiger partial charge in [-0.3, -0.25) is 0 Å². The number of nitrogens with zero attached hydrogens (tertiary/aromatic N) is 1. The van der Waals surface area contributed by atoms with Gasteiger partial charge in [0.05, 0.1) is 5.69 Å². The van der Waals surface area contributed by atoms with Crippen molar-refractivity contribution in [2.24, 2.45) is 0 Å². The van der Waals surface area contributed by atoms with Crippen LogP contribution in [-0.2, 0) is 0 Å². The van der Waals surface area contributed by atoms with E-state index in [-0.39, 0.29) is 0 Å². The molecule has 10 aromatic carbocycles. The fourth-order valence-electron chi connectivity index (χ4n) is 9.61. The van der Waals surface area contributed by atoms with Crippen LogP contribution < -0.4 is 4.90 Å². The van der Waals surface area contributed by atoms with Crippen molar-refractivity contribution in [1.29, 1.82) is 0 Å². The maximum Gasteiger partial charge on any atom is 0.160 e. The first-order chi connectivity index (χ1) is 31.7. The Labute approximate surface area is 368 Å². The third-order valence-electron chi connectivity index (χ3n) is 12.7. The predicted molar refractivity (Wildman–Crippen MR) is 265 cm³/mol. The Morgan fingerprint density at radius 3 is 1.30 bits per heavy atom. The van der Waals surface area contributed by atoms with E-state index in [0.717, 1.165) is 127 Å². The summed E-state index contributed by atoms with van der Waals surface area (Å²) in [5.41, 5.74) is 17.1. The number of para-hydroxylation sites is 3. The summed E-state index contributed by atoms with van der Waals surface area (Å²) < 4.78 is 19.6. The van der Waals surface area contributed by atoms with E-state index >= 15 is 0 Å². The molecule has 13 aromatic rings. The van der Waals surface area contributed by atoms with Gasteiger partial charge in [0.2, 0.25) is 0 Å². The van der Waals surface area contributed by atoms with Crippen molar-refractivity contribution in [3.63, 3.8) is 0 Å². The first kappa shape index (κ1) is 36.1. The fourth-order valence-corrected chi connectivity index (χ4v) is 9.61. The monoisotopic (exact) mass is 819 g/mol. The largest absolute Gasteiger partial charge is 0.456 e. The van der Waals surface area contributed by atoms with Crippen LogP contribution in [0.15, 0.2) is 238 Å². The molecule has 300 valence electrons. The molecule has 64 heavy (non-hydrogen) atoms. The normalized spacial score (nSPS) is 11.8. The highest BCUT2D eigenvalue weighted by Gasteiger charge is 2.24. The molecule has 3 aromatic heterocycles. The van der Waals surface area contributed by atoms with Crippen molar-refractivity contribution in [1.82, 2.24) is 0 Å². The summed E-state index contributed by atoms with van der Waals surface area (Å²) in [4.78, 5) is 2.33. The summed E-state index contributed by atoms with van der Waals surface area (Å²) >= 11 is 0. The molecular formula is C60H37NO3. The molecule has 4 heteroatoms. The Kier molecular flexibility index (Phi) is 8.18. The lowest BCUT2D eigenvalue weighted by atomic mass is 9.96. The Balaban J connectivity index is 0.994. The summed E-state index contributed by atoms with van der Waals surface area (Å²) in [6.07, 6.45) is 0. The van der Waals surface area contributed by atoms with Crippen molar-refractivity contribution < 1.29 is 13.3 Å². The molecule has 0 bridgehead atoms. The summed E-state index contributed by atoms with van der Waals surface area (Å²) in [5, 5.41) is 6.61.